The molecule has 19 heavy (non-hydrogen) atoms. The largest absolute Gasteiger partial charge is 0.465 e. The van der Waals surface area contributed by atoms with Gasteiger partial charge in [-0.2, -0.15) is 0 Å². The molecule has 2 rings (SSSR count). The molecule has 0 unspecified atom stereocenters. The third kappa shape index (κ3) is 3.12. The molecule has 1 fully saturated rings. The lowest BCUT2D eigenvalue weighted by Gasteiger charge is -2.13. The van der Waals surface area contributed by atoms with Crippen LogP contribution in [0.1, 0.15) is 28.8 Å². The van der Waals surface area contributed by atoms with E-state index in [4.69, 9.17) is 0 Å². The number of aryl methyl sites for hydroxylation is 1. The van der Waals surface area contributed by atoms with Gasteiger partial charge in [0, 0.05) is 5.69 Å². The fourth-order valence-corrected chi connectivity index (χ4v) is 2.18. The summed E-state index contributed by atoms with van der Waals surface area (Å²) in [5.41, 5.74) is 2.05. The molecular formula is C14H18N2O3. The van der Waals surface area contributed by atoms with E-state index in [2.05, 4.69) is 15.4 Å². The lowest BCUT2D eigenvalue weighted by atomic mass is 10.1. The summed E-state index contributed by atoms with van der Waals surface area (Å²) in [5.74, 6) is -0.398. The number of ether oxygens (including phenoxy) is 1. The summed E-state index contributed by atoms with van der Waals surface area (Å²) in [6, 6.07) is 4.98. The minimum atomic E-state index is -0.376. The number of benzene rings is 1. The van der Waals surface area contributed by atoms with E-state index in [1.165, 1.54) is 7.11 Å². The zero-order chi connectivity index (χ0) is 13.8. The molecule has 1 atom stereocenters. The predicted molar refractivity (Wildman–Crippen MR) is 72.2 cm³/mol. The van der Waals surface area contributed by atoms with Gasteiger partial charge in [0.2, 0.25) is 5.91 Å². The van der Waals surface area contributed by atoms with Gasteiger partial charge in [0.05, 0.1) is 18.7 Å². The quantitative estimate of drug-likeness (QED) is 0.810. The first-order valence-electron chi connectivity index (χ1n) is 6.35. The fraction of sp³-hybridized carbons (Fsp3) is 0.429. The summed E-state index contributed by atoms with van der Waals surface area (Å²) in [5, 5.41) is 6.03. The van der Waals surface area contributed by atoms with E-state index in [9.17, 15) is 9.59 Å². The normalized spacial score (nSPS) is 18.1. The van der Waals surface area contributed by atoms with Crippen molar-refractivity contribution in [3.05, 3.63) is 29.3 Å². The maximum atomic E-state index is 12.0. The molecule has 0 radical (unpaired) electrons. The fourth-order valence-electron chi connectivity index (χ4n) is 2.18. The van der Waals surface area contributed by atoms with Crippen molar-refractivity contribution in [2.45, 2.75) is 25.8 Å². The van der Waals surface area contributed by atoms with Crippen LogP contribution in [0.3, 0.4) is 0 Å². The van der Waals surface area contributed by atoms with Crippen molar-refractivity contribution < 1.29 is 14.3 Å². The van der Waals surface area contributed by atoms with Crippen LogP contribution in [0.5, 0.6) is 0 Å². The lowest BCUT2D eigenvalue weighted by molar-refractivity contribution is -0.117. The van der Waals surface area contributed by atoms with Gasteiger partial charge in [0.1, 0.15) is 0 Å². The third-order valence-corrected chi connectivity index (χ3v) is 3.28. The van der Waals surface area contributed by atoms with Crippen LogP contribution in [-0.2, 0) is 9.53 Å². The van der Waals surface area contributed by atoms with E-state index in [1.807, 2.05) is 6.92 Å². The number of carbonyl (C=O) groups excluding carboxylic acids is 2. The highest BCUT2D eigenvalue weighted by Crippen LogP contribution is 2.18. The molecule has 1 heterocycles. The molecule has 0 saturated carbocycles. The molecule has 0 aliphatic carbocycles. The molecule has 1 amide bonds. The van der Waals surface area contributed by atoms with E-state index in [-0.39, 0.29) is 17.9 Å². The van der Waals surface area contributed by atoms with Crippen LogP contribution >= 0.6 is 0 Å². The minimum Gasteiger partial charge on any atom is -0.465 e. The Kier molecular flexibility index (Phi) is 4.16. The second-order valence-electron chi connectivity index (χ2n) is 4.66. The number of esters is 1. The molecule has 1 aromatic rings. The summed E-state index contributed by atoms with van der Waals surface area (Å²) in [6.45, 7) is 2.74. The average molecular weight is 262 g/mol. The van der Waals surface area contributed by atoms with Crippen molar-refractivity contribution in [3.8, 4) is 0 Å². The third-order valence-electron chi connectivity index (χ3n) is 3.28. The first-order chi connectivity index (χ1) is 9.11. The van der Waals surface area contributed by atoms with Gasteiger partial charge in [-0.05, 0) is 50.1 Å². The summed E-state index contributed by atoms with van der Waals surface area (Å²) >= 11 is 0. The SMILES string of the molecule is COC(=O)c1ccc(NC(=O)[C@@H]2CCCN2)c(C)c1. The number of methoxy groups -OCH3 is 1. The smallest absolute Gasteiger partial charge is 0.337 e. The first kappa shape index (κ1) is 13.5. The molecule has 0 bridgehead atoms. The van der Waals surface area contributed by atoms with E-state index >= 15 is 0 Å². The predicted octanol–water partition coefficient (Wildman–Crippen LogP) is 1.47. The van der Waals surface area contributed by atoms with Crippen LogP contribution < -0.4 is 10.6 Å². The Labute approximate surface area is 112 Å². The Morgan fingerprint density at radius 1 is 1.42 bits per heavy atom. The van der Waals surface area contributed by atoms with Crippen LogP contribution in [0.2, 0.25) is 0 Å². The Morgan fingerprint density at radius 2 is 2.21 bits per heavy atom. The van der Waals surface area contributed by atoms with Crippen molar-refractivity contribution in [2.75, 3.05) is 19.0 Å². The molecule has 0 spiro atoms. The molecule has 1 aliphatic rings. The number of hydrogen-bond acceptors (Lipinski definition) is 4. The highest BCUT2D eigenvalue weighted by molar-refractivity contribution is 5.96. The second-order valence-corrected chi connectivity index (χ2v) is 4.66. The van der Waals surface area contributed by atoms with Crippen molar-refractivity contribution in [1.29, 1.82) is 0 Å². The molecule has 2 N–H and O–H groups in total. The van der Waals surface area contributed by atoms with Crippen LogP contribution in [0, 0.1) is 6.92 Å². The van der Waals surface area contributed by atoms with E-state index < -0.39 is 0 Å². The highest BCUT2D eigenvalue weighted by Gasteiger charge is 2.22. The number of nitrogens with one attached hydrogen (secondary N) is 2. The molecule has 1 aliphatic heterocycles. The second kappa shape index (κ2) is 5.84. The van der Waals surface area contributed by atoms with Gasteiger partial charge in [-0.3, -0.25) is 4.79 Å². The van der Waals surface area contributed by atoms with Crippen LogP contribution in [0.15, 0.2) is 18.2 Å². The van der Waals surface area contributed by atoms with Gasteiger partial charge in [-0.15, -0.1) is 0 Å². The van der Waals surface area contributed by atoms with Gasteiger partial charge in [0.15, 0.2) is 0 Å². The molecule has 5 nitrogen and oxygen atoms in total. The minimum absolute atomic E-state index is 0.0218. The van der Waals surface area contributed by atoms with Crippen LogP contribution in [-0.4, -0.2) is 31.6 Å². The monoisotopic (exact) mass is 262 g/mol. The number of amides is 1. The molecule has 102 valence electrons. The Hall–Kier alpha value is -1.88. The zero-order valence-corrected chi connectivity index (χ0v) is 11.2. The van der Waals surface area contributed by atoms with Gasteiger partial charge >= 0.3 is 5.97 Å². The number of anilines is 1. The molecule has 1 aromatic carbocycles. The van der Waals surface area contributed by atoms with Crippen molar-refractivity contribution in [3.63, 3.8) is 0 Å². The van der Waals surface area contributed by atoms with E-state index in [0.29, 0.717) is 5.56 Å². The highest BCUT2D eigenvalue weighted by atomic mass is 16.5. The summed E-state index contributed by atoms with van der Waals surface area (Å²) < 4.78 is 4.66. The molecular weight excluding hydrogens is 244 g/mol. The van der Waals surface area contributed by atoms with Crippen LogP contribution in [0.4, 0.5) is 5.69 Å². The standard InChI is InChI=1S/C14H18N2O3/c1-9-8-10(14(18)19-2)5-6-11(9)16-13(17)12-4-3-7-15-12/h5-6,8,12,15H,3-4,7H2,1-2H3,(H,16,17)/t12-/m0/s1. The number of hydrogen-bond donors (Lipinski definition) is 2. The van der Waals surface area contributed by atoms with Crippen LogP contribution in [0.25, 0.3) is 0 Å². The summed E-state index contributed by atoms with van der Waals surface area (Å²) in [4.78, 5) is 23.4. The molecule has 1 saturated heterocycles. The zero-order valence-electron chi connectivity index (χ0n) is 11.2. The van der Waals surface area contributed by atoms with Crippen molar-refractivity contribution >= 4 is 17.6 Å². The van der Waals surface area contributed by atoms with Gasteiger partial charge < -0.3 is 15.4 Å². The number of carbonyl (C=O) groups is 2. The first-order valence-corrected chi connectivity index (χ1v) is 6.35. The van der Waals surface area contributed by atoms with E-state index in [1.54, 1.807) is 18.2 Å². The van der Waals surface area contributed by atoms with Crippen molar-refractivity contribution in [2.24, 2.45) is 0 Å². The molecule has 5 heteroatoms. The maximum absolute atomic E-state index is 12.0. The maximum Gasteiger partial charge on any atom is 0.337 e. The van der Waals surface area contributed by atoms with Gasteiger partial charge in [-0.1, -0.05) is 0 Å². The lowest BCUT2D eigenvalue weighted by Crippen LogP contribution is -2.35. The van der Waals surface area contributed by atoms with Gasteiger partial charge in [0.25, 0.3) is 0 Å². The van der Waals surface area contributed by atoms with E-state index in [0.717, 1.165) is 30.6 Å². The Morgan fingerprint density at radius 3 is 2.79 bits per heavy atom. The topological polar surface area (TPSA) is 67.4 Å². The number of rotatable bonds is 3. The average Bonchev–Trinajstić information content (AvgIpc) is 2.94. The Bertz CT molecular complexity index is 493. The Balaban J connectivity index is 2.08. The summed E-state index contributed by atoms with van der Waals surface area (Å²) in [7, 11) is 1.35. The summed E-state index contributed by atoms with van der Waals surface area (Å²) in [6.07, 6.45) is 1.89. The van der Waals surface area contributed by atoms with Crippen molar-refractivity contribution in [1.82, 2.24) is 5.32 Å². The van der Waals surface area contributed by atoms with Gasteiger partial charge in [-0.25, -0.2) is 4.79 Å². The molecule has 0 aromatic heterocycles.